The van der Waals surface area contributed by atoms with E-state index in [0.717, 1.165) is 30.4 Å². The predicted octanol–water partition coefficient (Wildman–Crippen LogP) is 5.08. The van der Waals surface area contributed by atoms with Crippen LogP contribution in [0.5, 0.6) is 0 Å². The van der Waals surface area contributed by atoms with E-state index in [2.05, 4.69) is 5.32 Å². The molecule has 8 heteroatoms. The van der Waals surface area contributed by atoms with Crippen LogP contribution in [0.4, 0.5) is 10.5 Å². The number of rotatable bonds is 6. The van der Waals surface area contributed by atoms with E-state index in [9.17, 15) is 14.4 Å². The van der Waals surface area contributed by atoms with Gasteiger partial charge in [-0.3, -0.25) is 14.5 Å². The van der Waals surface area contributed by atoms with Crippen LogP contribution in [-0.4, -0.2) is 46.8 Å². The van der Waals surface area contributed by atoms with Gasteiger partial charge in [0.15, 0.2) is 12.1 Å². The van der Waals surface area contributed by atoms with Gasteiger partial charge in [0, 0.05) is 18.8 Å². The van der Waals surface area contributed by atoms with Gasteiger partial charge in [-0.2, -0.15) is 0 Å². The number of amides is 3. The predicted molar refractivity (Wildman–Crippen MR) is 134 cm³/mol. The van der Waals surface area contributed by atoms with E-state index in [1.165, 1.54) is 11.3 Å². The van der Waals surface area contributed by atoms with Crippen LogP contribution in [0, 0.1) is 0 Å². The molecule has 3 amide bonds. The molecular weight excluding hydrogens is 462 g/mol. The molecule has 2 unspecified atom stereocenters. The van der Waals surface area contributed by atoms with Crippen molar-refractivity contribution in [2.75, 3.05) is 18.4 Å². The molecule has 1 N–H and O–H groups in total. The zero-order chi connectivity index (χ0) is 24.2. The van der Waals surface area contributed by atoms with Crippen LogP contribution < -0.4 is 5.32 Å². The third-order valence-electron chi connectivity index (χ3n) is 6.44. The van der Waals surface area contributed by atoms with Crippen molar-refractivity contribution in [2.24, 2.45) is 0 Å². The van der Waals surface area contributed by atoms with Crippen molar-refractivity contribution >= 4 is 34.9 Å². The summed E-state index contributed by atoms with van der Waals surface area (Å²) in [5, 5.41) is 4.73. The maximum absolute atomic E-state index is 13.7. The molecule has 0 spiro atoms. The van der Waals surface area contributed by atoms with E-state index in [-0.39, 0.29) is 11.8 Å². The van der Waals surface area contributed by atoms with Crippen LogP contribution >= 0.6 is 11.3 Å². The van der Waals surface area contributed by atoms with E-state index in [1.807, 2.05) is 58.8 Å². The number of carbonyl (C=O) groups is 3. The van der Waals surface area contributed by atoms with Gasteiger partial charge < -0.3 is 15.0 Å². The third-order valence-corrected chi connectivity index (χ3v) is 7.31. The minimum atomic E-state index is -0.743. The molecule has 35 heavy (non-hydrogen) atoms. The van der Waals surface area contributed by atoms with Gasteiger partial charge in [-0.25, -0.2) is 4.79 Å². The summed E-state index contributed by atoms with van der Waals surface area (Å²) in [5.41, 5.74) is 2.29. The quantitative estimate of drug-likeness (QED) is 0.524. The molecule has 3 aromatic rings. The minimum absolute atomic E-state index is 0.0773. The number of likely N-dealkylation sites (tertiary alicyclic amines) is 1. The number of thiophene rings is 1. The second-order valence-corrected chi connectivity index (χ2v) is 9.75. The first kappa shape index (κ1) is 23.1. The number of hydrogen-bond donors (Lipinski definition) is 1. The highest BCUT2D eigenvalue weighted by atomic mass is 32.1. The molecule has 0 bridgehead atoms. The summed E-state index contributed by atoms with van der Waals surface area (Å²) in [6.07, 6.45) is 1.83. The monoisotopic (exact) mass is 489 g/mol. The summed E-state index contributed by atoms with van der Waals surface area (Å²) in [4.78, 5) is 43.0. The van der Waals surface area contributed by atoms with Crippen molar-refractivity contribution < 1.29 is 19.1 Å². The molecule has 0 radical (unpaired) electrons. The van der Waals surface area contributed by atoms with Crippen LogP contribution in [0.2, 0.25) is 0 Å². The lowest BCUT2D eigenvalue weighted by Crippen LogP contribution is -2.49. The molecule has 0 saturated carbocycles. The molecule has 2 aliphatic rings. The lowest BCUT2D eigenvalue weighted by atomic mass is 9.99. The molecule has 5 rings (SSSR count). The molecule has 2 atom stereocenters. The van der Waals surface area contributed by atoms with E-state index < -0.39 is 18.2 Å². The van der Waals surface area contributed by atoms with Gasteiger partial charge in [0.2, 0.25) is 5.91 Å². The number of anilines is 1. The van der Waals surface area contributed by atoms with Crippen LogP contribution in [0.25, 0.3) is 0 Å². The van der Waals surface area contributed by atoms with Gasteiger partial charge in [-0.1, -0.05) is 48.5 Å². The smallest absolute Gasteiger partial charge is 0.411 e. The molecule has 2 aromatic carbocycles. The van der Waals surface area contributed by atoms with Crippen molar-refractivity contribution in [1.29, 1.82) is 0 Å². The standard InChI is InChI=1S/C27H27N3O4S/c31-25(22-10-7-17-35-22)28-21-13-11-20(12-14-21)24-23(26(32)29-15-5-2-6-16-29)30(27(33)34-24)18-19-8-3-1-4-9-19/h1,3-4,7-14,17,23-24H,2,5-6,15-16,18H2,(H,28,31). The Hall–Kier alpha value is -3.65. The Morgan fingerprint density at radius 3 is 2.37 bits per heavy atom. The Morgan fingerprint density at radius 1 is 0.943 bits per heavy atom. The highest BCUT2D eigenvalue weighted by Gasteiger charge is 2.48. The SMILES string of the molecule is O=C(Nc1ccc(C2OC(=O)N(Cc3ccccc3)C2C(=O)N2CCCCC2)cc1)c1cccs1. The Balaban J connectivity index is 1.39. The molecule has 2 aliphatic heterocycles. The fourth-order valence-corrected chi connectivity index (χ4v) is 5.25. The average molecular weight is 490 g/mol. The fourth-order valence-electron chi connectivity index (χ4n) is 4.63. The van der Waals surface area contributed by atoms with Crippen LogP contribution in [0.3, 0.4) is 0 Å². The van der Waals surface area contributed by atoms with Gasteiger partial charge >= 0.3 is 6.09 Å². The first-order chi connectivity index (χ1) is 17.1. The number of benzene rings is 2. The molecule has 2 fully saturated rings. The zero-order valence-corrected chi connectivity index (χ0v) is 20.1. The molecule has 2 saturated heterocycles. The summed E-state index contributed by atoms with van der Waals surface area (Å²) in [6, 6.07) is 19.7. The molecular formula is C27H27N3O4S. The van der Waals surface area contributed by atoms with Gasteiger partial charge in [0.25, 0.3) is 5.91 Å². The van der Waals surface area contributed by atoms with Gasteiger partial charge in [0.05, 0.1) is 11.4 Å². The number of piperidine rings is 1. The van der Waals surface area contributed by atoms with E-state index in [4.69, 9.17) is 4.74 Å². The van der Waals surface area contributed by atoms with Crippen molar-refractivity contribution in [2.45, 2.75) is 38.0 Å². The summed E-state index contributed by atoms with van der Waals surface area (Å²) < 4.78 is 5.79. The van der Waals surface area contributed by atoms with Gasteiger partial charge in [0.1, 0.15) is 0 Å². The third kappa shape index (κ3) is 5.07. The van der Waals surface area contributed by atoms with Crippen molar-refractivity contribution in [3.8, 4) is 0 Å². The second-order valence-electron chi connectivity index (χ2n) is 8.80. The van der Waals surface area contributed by atoms with Gasteiger partial charge in [-0.05, 0) is 54.0 Å². The molecule has 7 nitrogen and oxygen atoms in total. The molecule has 3 heterocycles. The van der Waals surface area contributed by atoms with Crippen molar-refractivity contribution in [3.05, 3.63) is 88.1 Å². The van der Waals surface area contributed by atoms with E-state index in [1.54, 1.807) is 23.1 Å². The van der Waals surface area contributed by atoms with Crippen LogP contribution in [0.15, 0.2) is 72.1 Å². The zero-order valence-electron chi connectivity index (χ0n) is 19.3. The van der Waals surface area contributed by atoms with E-state index in [0.29, 0.717) is 30.2 Å². The summed E-state index contributed by atoms with van der Waals surface area (Å²) >= 11 is 1.37. The largest absolute Gasteiger partial charge is 0.438 e. The lowest BCUT2D eigenvalue weighted by molar-refractivity contribution is -0.137. The van der Waals surface area contributed by atoms with E-state index >= 15 is 0 Å². The average Bonchev–Trinajstić information content (AvgIpc) is 3.54. The highest BCUT2D eigenvalue weighted by molar-refractivity contribution is 7.12. The summed E-state index contributed by atoms with van der Waals surface area (Å²) in [7, 11) is 0. The number of cyclic esters (lactones) is 1. The van der Waals surface area contributed by atoms with Crippen LogP contribution in [0.1, 0.15) is 46.2 Å². The number of nitrogens with one attached hydrogen (secondary N) is 1. The molecule has 0 aliphatic carbocycles. The first-order valence-electron chi connectivity index (χ1n) is 11.8. The number of carbonyl (C=O) groups excluding carboxylic acids is 3. The maximum atomic E-state index is 13.7. The Kier molecular flexibility index (Phi) is 6.81. The molecule has 1 aromatic heterocycles. The summed E-state index contributed by atoms with van der Waals surface area (Å²) in [5.74, 6) is -0.251. The Bertz CT molecular complexity index is 1170. The first-order valence-corrected chi connectivity index (χ1v) is 12.7. The number of hydrogen-bond acceptors (Lipinski definition) is 5. The Labute approximate surface area is 208 Å². The summed E-state index contributed by atoms with van der Waals surface area (Å²) in [6.45, 7) is 1.70. The van der Waals surface area contributed by atoms with Crippen LogP contribution in [-0.2, 0) is 16.1 Å². The fraction of sp³-hybridized carbons (Fsp3) is 0.296. The normalized spacial score (nSPS) is 19.9. The minimum Gasteiger partial charge on any atom is -0.438 e. The number of nitrogens with zero attached hydrogens (tertiary/aromatic N) is 2. The molecule has 180 valence electrons. The lowest BCUT2D eigenvalue weighted by Gasteiger charge is -2.33. The second kappa shape index (κ2) is 10.3. The Morgan fingerprint density at radius 2 is 1.69 bits per heavy atom. The highest BCUT2D eigenvalue weighted by Crippen LogP contribution is 2.36. The van der Waals surface area contributed by atoms with Gasteiger partial charge in [-0.15, -0.1) is 11.3 Å². The van der Waals surface area contributed by atoms with Crippen molar-refractivity contribution in [1.82, 2.24) is 9.80 Å². The topological polar surface area (TPSA) is 79.0 Å². The maximum Gasteiger partial charge on any atom is 0.411 e. The number of ether oxygens (including phenoxy) is 1. The van der Waals surface area contributed by atoms with Crippen molar-refractivity contribution in [3.63, 3.8) is 0 Å².